The Bertz CT molecular complexity index is 623. The summed E-state index contributed by atoms with van der Waals surface area (Å²) in [5, 5.41) is 0. The maximum Gasteiger partial charge on any atom is 0.226 e. The van der Waals surface area contributed by atoms with E-state index in [1.54, 1.807) is 7.11 Å². The second kappa shape index (κ2) is 6.99. The fourth-order valence-electron chi connectivity index (χ4n) is 4.86. The van der Waals surface area contributed by atoms with Gasteiger partial charge in [-0.25, -0.2) is 0 Å². The molecule has 2 saturated heterocycles. The van der Waals surface area contributed by atoms with Crippen LogP contribution in [0.1, 0.15) is 37.7 Å². The molecule has 4 nitrogen and oxygen atoms in total. The van der Waals surface area contributed by atoms with E-state index in [-0.39, 0.29) is 11.3 Å². The molecule has 4 rings (SSSR count). The number of carbonyl (C=O) groups excluding carboxylic acids is 1. The lowest BCUT2D eigenvalue weighted by Gasteiger charge is -2.34. The van der Waals surface area contributed by atoms with Crippen LogP contribution in [0.3, 0.4) is 0 Å². The summed E-state index contributed by atoms with van der Waals surface area (Å²) in [7, 11) is 1.73. The normalized spacial score (nSPS) is 28.0. The largest absolute Gasteiger partial charge is 0.496 e. The lowest BCUT2D eigenvalue weighted by molar-refractivity contribution is -0.135. The second-order valence-corrected chi connectivity index (χ2v) is 8.04. The van der Waals surface area contributed by atoms with E-state index < -0.39 is 0 Å². The highest BCUT2D eigenvalue weighted by Gasteiger charge is 2.59. The van der Waals surface area contributed by atoms with E-state index in [0.29, 0.717) is 11.8 Å². The van der Waals surface area contributed by atoms with Gasteiger partial charge in [0, 0.05) is 32.2 Å². The van der Waals surface area contributed by atoms with Crippen LogP contribution in [0.4, 0.5) is 0 Å². The van der Waals surface area contributed by atoms with Crippen LogP contribution in [0.15, 0.2) is 24.3 Å². The third kappa shape index (κ3) is 3.41. The molecule has 136 valence electrons. The Labute approximate surface area is 150 Å². The number of ether oxygens (including phenoxy) is 2. The summed E-state index contributed by atoms with van der Waals surface area (Å²) in [5.74, 6) is 2.18. The number of nitrogens with zero attached hydrogens (tertiary/aromatic N) is 1. The molecule has 1 aliphatic carbocycles. The number of hydrogen-bond donors (Lipinski definition) is 0. The van der Waals surface area contributed by atoms with E-state index in [1.165, 1.54) is 12.0 Å². The molecule has 25 heavy (non-hydrogen) atoms. The van der Waals surface area contributed by atoms with Crippen molar-refractivity contribution >= 4 is 5.91 Å². The molecule has 4 heteroatoms. The molecule has 0 N–H and O–H groups in total. The zero-order valence-electron chi connectivity index (χ0n) is 15.2. The first-order valence-corrected chi connectivity index (χ1v) is 9.70. The lowest BCUT2D eigenvalue weighted by Crippen LogP contribution is -2.42. The summed E-state index contributed by atoms with van der Waals surface area (Å²) < 4.78 is 11.0. The molecular formula is C21H29NO3. The van der Waals surface area contributed by atoms with Gasteiger partial charge in [0.2, 0.25) is 5.91 Å². The third-order valence-electron chi connectivity index (χ3n) is 6.51. The average molecular weight is 343 g/mol. The highest BCUT2D eigenvalue weighted by molar-refractivity contribution is 5.82. The van der Waals surface area contributed by atoms with Crippen LogP contribution >= 0.6 is 0 Å². The minimum Gasteiger partial charge on any atom is -0.496 e. The van der Waals surface area contributed by atoms with Crippen molar-refractivity contribution in [2.24, 2.45) is 17.3 Å². The summed E-state index contributed by atoms with van der Waals surface area (Å²) in [6, 6.07) is 8.26. The van der Waals surface area contributed by atoms with Crippen LogP contribution in [0.25, 0.3) is 0 Å². The summed E-state index contributed by atoms with van der Waals surface area (Å²) in [4.78, 5) is 15.2. The van der Waals surface area contributed by atoms with Gasteiger partial charge >= 0.3 is 0 Å². The standard InChI is InChI=1S/C21H29NO3/c1-24-19-7-3-2-6-17(19)13-16-5-4-10-22(15-16)20(23)18-14-21(18)8-11-25-12-9-21/h2-3,6-7,16,18H,4-5,8-15H2,1H3/t16-,18-/m0/s1. The van der Waals surface area contributed by atoms with Crippen molar-refractivity contribution in [3.63, 3.8) is 0 Å². The van der Waals surface area contributed by atoms with Gasteiger partial charge in [-0.15, -0.1) is 0 Å². The van der Waals surface area contributed by atoms with Gasteiger partial charge in [0.05, 0.1) is 7.11 Å². The van der Waals surface area contributed by atoms with E-state index in [1.807, 2.05) is 12.1 Å². The van der Waals surface area contributed by atoms with Gasteiger partial charge in [-0.1, -0.05) is 18.2 Å². The fourth-order valence-corrected chi connectivity index (χ4v) is 4.86. The molecule has 1 aromatic carbocycles. The van der Waals surface area contributed by atoms with Crippen LogP contribution in [-0.2, 0) is 16.0 Å². The zero-order valence-corrected chi connectivity index (χ0v) is 15.2. The number of carbonyl (C=O) groups is 1. The SMILES string of the molecule is COc1ccccc1C[C@@H]1CCCN(C(=O)[C@@H]2CC23CCOCC3)C1. The van der Waals surface area contributed by atoms with E-state index in [2.05, 4.69) is 17.0 Å². The van der Waals surface area contributed by atoms with Gasteiger partial charge in [-0.3, -0.25) is 4.79 Å². The fraction of sp³-hybridized carbons (Fsp3) is 0.667. The molecule has 0 unspecified atom stereocenters. The third-order valence-corrected chi connectivity index (χ3v) is 6.51. The summed E-state index contributed by atoms with van der Waals surface area (Å²) in [6.45, 7) is 3.50. The Morgan fingerprint density at radius 3 is 2.92 bits per heavy atom. The number of amides is 1. The molecule has 0 bridgehead atoms. The predicted octanol–water partition coefficient (Wildman–Crippen LogP) is 3.29. The van der Waals surface area contributed by atoms with Gasteiger partial charge < -0.3 is 14.4 Å². The first-order chi connectivity index (χ1) is 12.2. The monoisotopic (exact) mass is 343 g/mol. The quantitative estimate of drug-likeness (QED) is 0.842. The van der Waals surface area contributed by atoms with E-state index >= 15 is 0 Å². The molecule has 0 radical (unpaired) electrons. The van der Waals surface area contributed by atoms with Crippen LogP contribution in [0, 0.1) is 17.3 Å². The summed E-state index contributed by atoms with van der Waals surface area (Å²) in [5.41, 5.74) is 1.54. The van der Waals surface area contributed by atoms with Gasteiger partial charge in [-0.05, 0) is 61.5 Å². The minimum absolute atomic E-state index is 0.265. The minimum atomic E-state index is 0.265. The van der Waals surface area contributed by atoms with E-state index in [9.17, 15) is 4.79 Å². The number of piperidine rings is 1. The molecule has 2 heterocycles. The Kier molecular flexibility index (Phi) is 4.72. The molecular weight excluding hydrogens is 314 g/mol. The summed E-state index contributed by atoms with van der Waals surface area (Å²) in [6.07, 6.45) is 6.55. The van der Waals surface area contributed by atoms with E-state index in [4.69, 9.17) is 9.47 Å². The van der Waals surface area contributed by atoms with Gasteiger partial charge in [0.25, 0.3) is 0 Å². The number of para-hydroxylation sites is 1. The molecule has 2 atom stereocenters. The van der Waals surface area contributed by atoms with E-state index in [0.717, 1.165) is 64.2 Å². The molecule has 1 aromatic rings. The second-order valence-electron chi connectivity index (χ2n) is 8.04. The highest BCUT2D eigenvalue weighted by Crippen LogP contribution is 2.59. The van der Waals surface area contributed by atoms with Gasteiger partial charge in [0.1, 0.15) is 5.75 Å². The number of methoxy groups -OCH3 is 1. The van der Waals surface area contributed by atoms with Gasteiger partial charge in [-0.2, -0.15) is 0 Å². The van der Waals surface area contributed by atoms with Crippen molar-refractivity contribution in [1.29, 1.82) is 0 Å². The van der Waals surface area contributed by atoms with Crippen molar-refractivity contribution < 1.29 is 14.3 Å². The zero-order chi connectivity index (χ0) is 17.3. The van der Waals surface area contributed by atoms with Crippen molar-refractivity contribution in [3.8, 4) is 5.75 Å². The number of likely N-dealkylation sites (tertiary alicyclic amines) is 1. The molecule has 3 fully saturated rings. The van der Waals surface area contributed by atoms with Crippen LogP contribution in [0.5, 0.6) is 5.75 Å². The van der Waals surface area contributed by atoms with Crippen molar-refractivity contribution in [2.75, 3.05) is 33.4 Å². The number of rotatable bonds is 4. The average Bonchev–Trinajstić information content (AvgIpc) is 3.35. The Hall–Kier alpha value is -1.55. The lowest BCUT2D eigenvalue weighted by atomic mass is 9.89. The molecule has 1 saturated carbocycles. The Morgan fingerprint density at radius 2 is 2.12 bits per heavy atom. The molecule has 1 spiro atoms. The first-order valence-electron chi connectivity index (χ1n) is 9.70. The molecule has 3 aliphatic rings. The maximum absolute atomic E-state index is 13.0. The van der Waals surface area contributed by atoms with Crippen molar-refractivity contribution in [3.05, 3.63) is 29.8 Å². The summed E-state index contributed by atoms with van der Waals surface area (Å²) >= 11 is 0. The van der Waals surface area contributed by atoms with Crippen molar-refractivity contribution in [1.82, 2.24) is 4.90 Å². The number of hydrogen-bond acceptors (Lipinski definition) is 3. The Morgan fingerprint density at radius 1 is 1.32 bits per heavy atom. The van der Waals surface area contributed by atoms with Crippen molar-refractivity contribution in [2.45, 2.75) is 38.5 Å². The molecule has 1 amide bonds. The highest BCUT2D eigenvalue weighted by atomic mass is 16.5. The molecule has 2 aliphatic heterocycles. The van der Waals surface area contributed by atoms with Crippen LogP contribution < -0.4 is 4.74 Å². The van der Waals surface area contributed by atoms with Gasteiger partial charge in [0.15, 0.2) is 0 Å². The van der Waals surface area contributed by atoms with Crippen LogP contribution in [-0.4, -0.2) is 44.2 Å². The smallest absolute Gasteiger partial charge is 0.226 e. The van der Waals surface area contributed by atoms with Crippen LogP contribution in [0.2, 0.25) is 0 Å². The molecule has 0 aromatic heterocycles. The topological polar surface area (TPSA) is 38.8 Å². The maximum atomic E-state index is 13.0. The Balaban J connectivity index is 1.37. The first kappa shape index (κ1) is 16.9. The number of benzene rings is 1. The predicted molar refractivity (Wildman–Crippen MR) is 96.6 cm³/mol.